The van der Waals surface area contributed by atoms with Gasteiger partial charge in [-0.05, 0) is 58.0 Å². The molecule has 1 atom stereocenters. The van der Waals surface area contributed by atoms with Crippen molar-refractivity contribution in [2.24, 2.45) is 0 Å². The summed E-state index contributed by atoms with van der Waals surface area (Å²) in [6.45, 7) is 9.84. The summed E-state index contributed by atoms with van der Waals surface area (Å²) in [5, 5.41) is 3.71. The zero-order chi connectivity index (χ0) is 24.2. The molecule has 0 aliphatic carbocycles. The lowest BCUT2D eigenvalue weighted by atomic mass is 9.99. The van der Waals surface area contributed by atoms with Crippen molar-refractivity contribution in [3.8, 4) is 0 Å². The minimum absolute atomic E-state index is 0.160. The number of halogens is 3. The molecule has 2 aliphatic rings. The van der Waals surface area contributed by atoms with Gasteiger partial charge in [0, 0.05) is 61.6 Å². The fourth-order valence-corrected chi connectivity index (χ4v) is 5.50. The van der Waals surface area contributed by atoms with Crippen molar-refractivity contribution in [2.45, 2.75) is 45.3 Å². The maximum atomic E-state index is 14.2. The third-order valence-corrected chi connectivity index (χ3v) is 7.35. The number of benzene rings is 1. The van der Waals surface area contributed by atoms with E-state index in [4.69, 9.17) is 23.2 Å². The van der Waals surface area contributed by atoms with Gasteiger partial charge < -0.3 is 10.2 Å². The van der Waals surface area contributed by atoms with E-state index in [1.54, 1.807) is 24.4 Å². The molecule has 0 spiro atoms. The number of piperidine rings is 1. The molecule has 1 amide bonds. The van der Waals surface area contributed by atoms with Crippen molar-refractivity contribution in [3.05, 3.63) is 57.5 Å². The van der Waals surface area contributed by atoms with Gasteiger partial charge in [-0.1, -0.05) is 29.3 Å². The van der Waals surface area contributed by atoms with Gasteiger partial charge >= 0.3 is 0 Å². The normalized spacial score (nSPS) is 20.5. The van der Waals surface area contributed by atoms with Crippen molar-refractivity contribution in [1.82, 2.24) is 20.1 Å². The second-order valence-electron chi connectivity index (χ2n) is 9.16. The monoisotopic (exact) mass is 507 g/mol. The van der Waals surface area contributed by atoms with Gasteiger partial charge in [0.15, 0.2) is 0 Å². The Hall–Kier alpha value is -1.93. The summed E-state index contributed by atoms with van der Waals surface area (Å²) in [5.74, 6) is 0.346. The van der Waals surface area contributed by atoms with Gasteiger partial charge in [0.1, 0.15) is 11.6 Å². The van der Waals surface area contributed by atoms with E-state index in [1.807, 2.05) is 6.92 Å². The first-order valence-electron chi connectivity index (χ1n) is 12.0. The number of pyridine rings is 1. The van der Waals surface area contributed by atoms with Crippen LogP contribution in [0.4, 0.5) is 10.2 Å². The van der Waals surface area contributed by atoms with E-state index >= 15 is 0 Å². The highest BCUT2D eigenvalue weighted by molar-refractivity contribution is 6.33. The second kappa shape index (κ2) is 11.2. The fraction of sp³-hybridized carbons (Fsp3) is 0.520. The molecule has 34 heavy (non-hydrogen) atoms. The van der Waals surface area contributed by atoms with Crippen molar-refractivity contribution in [1.29, 1.82) is 0 Å². The molecule has 3 heterocycles. The summed E-state index contributed by atoms with van der Waals surface area (Å²) in [6.07, 6.45) is 3.74. The Morgan fingerprint density at radius 3 is 2.59 bits per heavy atom. The summed E-state index contributed by atoms with van der Waals surface area (Å²) < 4.78 is 14.2. The van der Waals surface area contributed by atoms with E-state index in [0.717, 1.165) is 51.4 Å². The first-order chi connectivity index (χ1) is 16.4. The number of nitrogens with zero attached hydrogens (tertiary/aromatic N) is 4. The van der Waals surface area contributed by atoms with Gasteiger partial charge in [-0.15, -0.1) is 0 Å². The van der Waals surface area contributed by atoms with Gasteiger partial charge in [0.05, 0.1) is 10.6 Å². The predicted octanol–water partition coefficient (Wildman–Crippen LogP) is 4.45. The molecule has 2 fully saturated rings. The van der Waals surface area contributed by atoms with Crippen LogP contribution in [-0.2, 0) is 6.54 Å². The molecule has 4 rings (SSSR count). The summed E-state index contributed by atoms with van der Waals surface area (Å²) in [5.41, 5.74) is 1.18. The third kappa shape index (κ3) is 5.82. The van der Waals surface area contributed by atoms with Crippen LogP contribution >= 0.6 is 23.2 Å². The maximum Gasteiger partial charge on any atom is 0.252 e. The van der Waals surface area contributed by atoms with Crippen molar-refractivity contribution in [3.63, 3.8) is 0 Å². The van der Waals surface area contributed by atoms with Crippen LogP contribution in [0.1, 0.15) is 42.6 Å². The number of aromatic nitrogens is 1. The van der Waals surface area contributed by atoms with E-state index in [9.17, 15) is 9.18 Å². The smallest absolute Gasteiger partial charge is 0.252 e. The van der Waals surface area contributed by atoms with E-state index in [1.165, 1.54) is 6.07 Å². The molecule has 9 heteroatoms. The molecule has 184 valence electrons. The highest BCUT2D eigenvalue weighted by atomic mass is 35.5. The Balaban J connectivity index is 1.31. The number of likely N-dealkylation sites (tertiary alicyclic amines) is 1. The second-order valence-corrected chi connectivity index (χ2v) is 10.0. The van der Waals surface area contributed by atoms with Crippen LogP contribution in [0.25, 0.3) is 0 Å². The van der Waals surface area contributed by atoms with E-state index < -0.39 is 0 Å². The molecule has 2 saturated heterocycles. The molecule has 2 aromatic rings. The van der Waals surface area contributed by atoms with Crippen LogP contribution < -0.4 is 10.2 Å². The van der Waals surface area contributed by atoms with Crippen molar-refractivity contribution in [2.75, 3.05) is 44.2 Å². The van der Waals surface area contributed by atoms with Crippen molar-refractivity contribution >= 4 is 34.9 Å². The van der Waals surface area contributed by atoms with Crippen LogP contribution in [0, 0.1) is 5.82 Å². The molecule has 0 radical (unpaired) electrons. The Kier molecular flexibility index (Phi) is 8.30. The molecular weight excluding hydrogens is 476 g/mol. The van der Waals surface area contributed by atoms with Crippen LogP contribution in [0.15, 0.2) is 30.5 Å². The highest BCUT2D eigenvalue weighted by Gasteiger charge is 2.32. The standard InChI is InChI=1S/C25H32Cl2FN5O/c1-3-29-25(34)19-12-22(27)24(30-14-19)32-10-11-33(17(2)15-32)21-6-8-31(9-7-21)16-18-4-5-20(26)13-23(18)28/h4-5,12-14,17,21H,3,6-11,15-16H2,1-2H3,(H,29,34)/t17-/m0/s1. The average molecular weight is 508 g/mol. The van der Waals surface area contributed by atoms with Gasteiger partial charge in [0.2, 0.25) is 0 Å². The van der Waals surface area contributed by atoms with Gasteiger partial charge in [-0.2, -0.15) is 0 Å². The zero-order valence-corrected chi connectivity index (χ0v) is 21.2. The number of amides is 1. The highest BCUT2D eigenvalue weighted by Crippen LogP contribution is 2.29. The average Bonchev–Trinajstić information content (AvgIpc) is 2.81. The quantitative estimate of drug-likeness (QED) is 0.625. The number of nitrogens with one attached hydrogen (secondary N) is 1. The lowest BCUT2D eigenvalue weighted by Gasteiger charge is -2.47. The number of hydrogen-bond donors (Lipinski definition) is 1. The summed E-state index contributed by atoms with van der Waals surface area (Å²) in [4.78, 5) is 23.7. The lowest BCUT2D eigenvalue weighted by molar-refractivity contribution is 0.0687. The molecule has 0 bridgehead atoms. The molecule has 1 N–H and O–H groups in total. The molecular formula is C25H32Cl2FN5O. The van der Waals surface area contributed by atoms with Crippen molar-refractivity contribution < 1.29 is 9.18 Å². The minimum atomic E-state index is -0.231. The zero-order valence-electron chi connectivity index (χ0n) is 19.7. The maximum absolute atomic E-state index is 14.2. The molecule has 1 aromatic carbocycles. The number of carbonyl (C=O) groups is 1. The molecule has 2 aliphatic heterocycles. The summed E-state index contributed by atoms with van der Waals surface area (Å²) in [7, 11) is 0. The number of anilines is 1. The molecule has 0 unspecified atom stereocenters. The number of rotatable bonds is 6. The third-order valence-electron chi connectivity index (χ3n) is 6.83. The lowest BCUT2D eigenvalue weighted by Crippen LogP contribution is -2.57. The Bertz CT molecular complexity index is 1010. The predicted molar refractivity (Wildman–Crippen MR) is 135 cm³/mol. The van der Waals surface area contributed by atoms with Crippen LogP contribution in [-0.4, -0.2) is 72.0 Å². The topological polar surface area (TPSA) is 51.7 Å². The molecule has 6 nitrogen and oxygen atoms in total. The van der Waals surface area contributed by atoms with Crippen LogP contribution in [0.5, 0.6) is 0 Å². The van der Waals surface area contributed by atoms with Gasteiger partial charge in [0.25, 0.3) is 5.91 Å². The van der Waals surface area contributed by atoms with E-state index in [2.05, 4.69) is 31.9 Å². The van der Waals surface area contributed by atoms with E-state index in [-0.39, 0.29) is 11.7 Å². The van der Waals surface area contributed by atoms with Crippen LogP contribution in [0.2, 0.25) is 10.0 Å². The number of carbonyl (C=O) groups excluding carboxylic acids is 1. The Morgan fingerprint density at radius 1 is 1.18 bits per heavy atom. The van der Waals surface area contributed by atoms with Gasteiger partial charge in [-0.25, -0.2) is 9.37 Å². The molecule has 1 aromatic heterocycles. The Labute approximate surface area is 211 Å². The molecule has 0 saturated carbocycles. The van der Waals surface area contributed by atoms with E-state index in [0.29, 0.717) is 46.3 Å². The largest absolute Gasteiger partial charge is 0.353 e. The first-order valence-corrected chi connectivity index (χ1v) is 12.7. The summed E-state index contributed by atoms with van der Waals surface area (Å²) in [6, 6.07) is 7.51. The van der Waals surface area contributed by atoms with Crippen LogP contribution in [0.3, 0.4) is 0 Å². The van der Waals surface area contributed by atoms with Gasteiger partial charge in [-0.3, -0.25) is 14.6 Å². The fourth-order valence-electron chi connectivity index (χ4n) is 5.06. The minimum Gasteiger partial charge on any atom is -0.353 e. The Morgan fingerprint density at radius 2 is 1.94 bits per heavy atom. The SMILES string of the molecule is CCNC(=O)c1cnc(N2CCN(C3CCN(Cc4ccc(Cl)cc4F)CC3)[C@@H](C)C2)c(Cl)c1. The number of piperazine rings is 1. The number of hydrogen-bond acceptors (Lipinski definition) is 5. The summed E-state index contributed by atoms with van der Waals surface area (Å²) >= 11 is 12.4. The first kappa shape index (κ1) is 25.2.